The molecular weight excluding hydrogens is 238 g/mol. The molecule has 1 aliphatic heterocycles. The molecule has 0 aliphatic carbocycles. The molecule has 1 fully saturated rings. The van der Waals surface area contributed by atoms with E-state index in [1.165, 1.54) is 0 Å². The minimum atomic E-state index is 1.04. The summed E-state index contributed by atoms with van der Waals surface area (Å²) in [7, 11) is 2.15. The van der Waals surface area contributed by atoms with Gasteiger partial charge < -0.3 is 14.8 Å². The Labute approximate surface area is 116 Å². The fourth-order valence-corrected chi connectivity index (χ4v) is 2.57. The third-order valence-corrected chi connectivity index (χ3v) is 3.64. The van der Waals surface area contributed by atoms with Crippen LogP contribution in [0.5, 0.6) is 0 Å². The zero-order chi connectivity index (χ0) is 13.7. The molecule has 1 aromatic rings. The normalized spacial score (nSPS) is 16.8. The summed E-state index contributed by atoms with van der Waals surface area (Å²) in [5, 5.41) is 3.39. The van der Waals surface area contributed by atoms with Crippen LogP contribution in [0.4, 0.5) is 5.95 Å². The number of imidazole rings is 1. The van der Waals surface area contributed by atoms with Crippen LogP contribution in [-0.4, -0.2) is 60.8 Å². The molecule has 108 valence electrons. The van der Waals surface area contributed by atoms with Crippen molar-refractivity contribution < 1.29 is 0 Å². The Kier molecular flexibility index (Phi) is 5.22. The largest absolute Gasteiger partial charge is 0.344 e. The average molecular weight is 265 g/mol. The Bertz CT molecular complexity index is 381. The fourth-order valence-electron chi connectivity index (χ4n) is 2.57. The molecule has 2 rings (SSSR count). The molecule has 0 unspecified atom stereocenters. The van der Waals surface area contributed by atoms with Gasteiger partial charge in [0, 0.05) is 59.1 Å². The van der Waals surface area contributed by atoms with Gasteiger partial charge in [-0.1, -0.05) is 6.92 Å². The van der Waals surface area contributed by atoms with Gasteiger partial charge in [-0.2, -0.15) is 0 Å². The summed E-state index contributed by atoms with van der Waals surface area (Å²) in [6.07, 6.45) is 3.30. The minimum absolute atomic E-state index is 1.04. The van der Waals surface area contributed by atoms with Crippen molar-refractivity contribution in [3.8, 4) is 0 Å². The summed E-state index contributed by atoms with van der Waals surface area (Å²) in [4.78, 5) is 9.45. The van der Waals surface area contributed by atoms with E-state index in [1.54, 1.807) is 0 Å². The molecule has 2 heterocycles. The van der Waals surface area contributed by atoms with Gasteiger partial charge in [0.2, 0.25) is 5.95 Å². The van der Waals surface area contributed by atoms with E-state index in [-0.39, 0.29) is 0 Å². The first-order valence-corrected chi connectivity index (χ1v) is 7.38. The van der Waals surface area contributed by atoms with E-state index in [2.05, 4.69) is 51.8 Å². The predicted molar refractivity (Wildman–Crippen MR) is 79.8 cm³/mol. The van der Waals surface area contributed by atoms with Crippen molar-refractivity contribution in [3.05, 3.63) is 11.9 Å². The number of likely N-dealkylation sites (N-methyl/N-ethyl adjacent to an activating group) is 1. The van der Waals surface area contributed by atoms with Gasteiger partial charge in [0.15, 0.2) is 0 Å². The first-order chi connectivity index (χ1) is 9.20. The number of hydrogen-bond acceptors (Lipinski definition) is 4. The van der Waals surface area contributed by atoms with Crippen LogP contribution in [0, 0.1) is 6.92 Å². The van der Waals surface area contributed by atoms with E-state index < -0.39 is 0 Å². The van der Waals surface area contributed by atoms with Crippen molar-refractivity contribution in [2.75, 3.05) is 51.2 Å². The topological polar surface area (TPSA) is 36.3 Å². The Morgan fingerprint density at radius 3 is 2.74 bits per heavy atom. The first kappa shape index (κ1) is 14.3. The van der Waals surface area contributed by atoms with Crippen LogP contribution in [0.3, 0.4) is 0 Å². The molecule has 0 radical (unpaired) electrons. The van der Waals surface area contributed by atoms with Gasteiger partial charge in [-0.3, -0.25) is 4.90 Å². The molecule has 0 atom stereocenters. The maximum atomic E-state index is 4.65. The van der Waals surface area contributed by atoms with Crippen LogP contribution < -0.4 is 10.2 Å². The molecule has 5 heteroatoms. The second-order valence-electron chi connectivity index (χ2n) is 5.39. The lowest BCUT2D eigenvalue weighted by Crippen LogP contribution is -2.46. The van der Waals surface area contributed by atoms with Crippen LogP contribution in [0.25, 0.3) is 0 Å². The third-order valence-electron chi connectivity index (χ3n) is 3.64. The van der Waals surface area contributed by atoms with Crippen LogP contribution in [0.2, 0.25) is 0 Å². The maximum Gasteiger partial charge on any atom is 0.205 e. The lowest BCUT2D eigenvalue weighted by Gasteiger charge is -2.29. The summed E-state index contributed by atoms with van der Waals surface area (Å²) < 4.78 is 2.27. The fraction of sp³-hybridized carbons (Fsp3) is 0.786. The van der Waals surface area contributed by atoms with Crippen LogP contribution in [-0.2, 0) is 6.54 Å². The highest BCUT2D eigenvalue weighted by Gasteiger charge is 2.13. The van der Waals surface area contributed by atoms with Crippen molar-refractivity contribution >= 4 is 5.95 Å². The van der Waals surface area contributed by atoms with Crippen molar-refractivity contribution in [1.82, 2.24) is 19.8 Å². The lowest BCUT2D eigenvalue weighted by atomic mass is 10.3. The van der Waals surface area contributed by atoms with Gasteiger partial charge in [0.25, 0.3) is 0 Å². The number of anilines is 1. The van der Waals surface area contributed by atoms with Gasteiger partial charge >= 0.3 is 0 Å². The van der Waals surface area contributed by atoms with E-state index in [0.29, 0.717) is 0 Å². The van der Waals surface area contributed by atoms with E-state index >= 15 is 0 Å². The highest BCUT2D eigenvalue weighted by molar-refractivity contribution is 5.32. The average Bonchev–Trinajstić information content (AvgIpc) is 2.79. The Morgan fingerprint density at radius 1 is 1.32 bits per heavy atom. The van der Waals surface area contributed by atoms with Crippen LogP contribution in [0.1, 0.15) is 19.0 Å². The molecule has 0 bridgehead atoms. The van der Waals surface area contributed by atoms with Gasteiger partial charge in [-0.25, -0.2) is 4.98 Å². The zero-order valence-corrected chi connectivity index (χ0v) is 12.5. The second kappa shape index (κ2) is 6.91. The molecule has 19 heavy (non-hydrogen) atoms. The molecule has 1 aliphatic rings. The number of aryl methyl sites for hydroxylation is 2. The van der Waals surface area contributed by atoms with Crippen molar-refractivity contribution in [2.24, 2.45) is 0 Å². The number of aromatic nitrogens is 2. The number of nitrogens with one attached hydrogen (secondary N) is 1. The van der Waals surface area contributed by atoms with E-state index in [4.69, 9.17) is 0 Å². The molecule has 0 amide bonds. The molecule has 1 N–H and O–H groups in total. The highest BCUT2D eigenvalue weighted by Crippen LogP contribution is 2.13. The summed E-state index contributed by atoms with van der Waals surface area (Å²) in [6.45, 7) is 12.1. The standard InChI is InChI=1S/C14H27N5/c1-4-7-19-12-13(2)16-14(19)17(3)10-11-18-8-5-15-6-9-18/h12,15H,4-11H2,1-3H3. The predicted octanol–water partition coefficient (Wildman–Crippen LogP) is 0.943. The minimum Gasteiger partial charge on any atom is -0.344 e. The quantitative estimate of drug-likeness (QED) is 0.830. The third kappa shape index (κ3) is 3.94. The first-order valence-electron chi connectivity index (χ1n) is 7.38. The summed E-state index contributed by atoms with van der Waals surface area (Å²) >= 11 is 0. The van der Waals surface area contributed by atoms with Gasteiger partial charge in [-0.15, -0.1) is 0 Å². The van der Waals surface area contributed by atoms with Crippen molar-refractivity contribution in [2.45, 2.75) is 26.8 Å². The number of rotatable bonds is 6. The Hall–Kier alpha value is -1.07. The monoisotopic (exact) mass is 265 g/mol. The van der Waals surface area contributed by atoms with Crippen molar-refractivity contribution in [3.63, 3.8) is 0 Å². The Morgan fingerprint density at radius 2 is 2.05 bits per heavy atom. The summed E-state index contributed by atoms with van der Waals surface area (Å²) in [5.41, 5.74) is 1.11. The van der Waals surface area contributed by atoms with E-state index in [1.807, 2.05) is 0 Å². The van der Waals surface area contributed by atoms with Crippen LogP contribution in [0.15, 0.2) is 6.20 Å². The lowest BCUT2D eigenvalue weighted by molar-refractivity contribution is 0.246. The molecule has 0 spiro atoms. The molecule has 1 aromatic heterocycles. The summed E-state index contributed by atoms with van der Waals surface area (Å²) in [5.74, 6) is 1.11. The molecular formula is C14H27N5. The highest BCUT2D eigenvalue weighted by atomic mass is 15.3. The van der Waals surface area contributed by atoms with Gasteiger partial charge in [0.05, 0.1) is 5.69 Å². The Balaban J connectivity index is 1.89. The summed E-state index contributed by atoms with van der Waals surface area (Å²) in [6, 6.07) is 0. The molecule has 0 aromatic carbocycles. The SMILES string of the molecule is CCCn1cc(C)nc1N(C)CCN1CCNCC1. The van der Waals surface area contributed by atoms with Crippen LogP contribution >= 0.6 is 0 Å². The molecule has 0 saturated carbocycles. The maximum absolute atomic E-state index is 4.65. The molecule has 1 saturated heterocycles. The number of hydrogen-bond donors (Lipinski definition) is 1. The zero-order valence-electron chi connectivity index (χ0n) is 12.5. The number of nitrogens with zero attached hydrogens (tertiary/aromatic N) is 4. The van der Waals surface area contributed by atoms with E-state index in [9.17, 15) is 0 Å². The smallest absolute Gasteiger partial charge is 0.205 e. The van der Waals surface area contributed by atoms with Gasteiger partial charge in [0.1, 0.15) is 0 Å². The van der Waals surface area contributed by atoms with Crippen molar-refractivity contribution in [1.29, 1.82) is 0 Å². The second-order valence-corrected chi connectivity index (χ2v) is 5.39. The van der Waals surface area contributed by atoms with Gasteiger partial charge in [-0.05, 0) is 13.3 Å². The van der Waals surface area contributed by atoms with E-state index in [0.717, 1.165) is 63.9 Å². The number of piperazine rings is 1. The molecule has 5 nitrogen and oxygen atoms in total.